The molecule has 0 saturated heterocycles. The van der Waals surface area contributed by atoms with Gasteiger partial charge < -0.3 is 5.11 Å². The van der Waals surface area contributed by atoms with Crippen LogP contribution in [-0.4, -0.2) is 29.1 Å². The second-order valence-electron chi connectivity index (χ2n) is 4.95. The third kappa shape index (κ3) is 3.32. The number of aliphatic hydroxyl groups excluding tert-OH is 1. The molecule has 1 N–H and O–H groups in total. The summed E-state index contributed by atoms with van der Waals surface area (Å²) in [6.07, 6.45) is 4.30. The second-order valence-corrected chi connectivity index (χ2v) is 4.95. The maximum absolute atomic E-state index is 10.2. The summed E-state index contributed by atoms with van der Waals surface area (Å²) in [5.41, 5.74) is 0.929. The molecule has 1 aromatic rings. The first kappa shape index (κ1) is 13.1. The van der Waals surface area contributed by atoms with Crippen LogP contribution >= 0.6 is 0 Å². The van der Waals surface area contributed by atoms with Crippen LogP contribution in [0.5, 0.6) is 0 Å². The molecule has 1 aliphatic carbocycles. The van der Waals surface area contributed by atoms with Crippen LogP contribution in [0.25, 0.3) is 0 Å². The normalized spacial score (nSPS) is 17.8. The highest BCUT2D eigenvalue weighted by Gasteiger charge is 2.24. The van der Waals surface area contributed by atoms with Crippen molar-refractivity contribution in [3.63, 3.8) is 0 Å². The molecule has 18 heavy (non-hydrogen) atoms. The third-order valence-corrected chi connectivity index (χ3v) is 3.71. The molecule has 0 amide bonds. The van der Waals surface area contributed by atoms with E-state index in [1.807, 2.05) is 30.3 Å². The van der Waals surface area contributed by atoms with Gasteiger partial charge in [-0.1, -0.05) is 43.2 Å². The molecular formula is C15H20N2O. The van der Waals surface area contributed by atoms with Crippen molar-refractivity contribution in [3.8, 4) is 6.07 Å². The van der Waals surface area contributed by atoms with Crippen molar-refractivity contribution in [2.45, 2.75) is 37.8 Å². The van der Waals surface area contributed by atoms with Gasteiger partial charge in [0.05, 0.1) is 18.7 Å². The molecule has 1 atom stereocenters. The fourth-order valence-electron chi connectivity index (χ4n) is 2.71. The van der Waals surface area contributed by atoms with Crippen LogP contribution in [-0.2, 0) is 0 Å². The lowest BCUT2D eigenvalue weighted by atomic mass is 10.1. The molecule has 3 heteroatoms. The molecule has 1 unspecified atom stereocenters. The SMILES string of the molecule is N#CCN(CC(O)c1ccccc1)C1CCCC1. The summed E-state index contributed by atoms with van der Waals surface area (Å²) in [6.45, 7) is 0.969. The van der Waals surface area contributed by atoms with E-state index in [1.165, 1.54) is 12.8 Å². The Bertz CT molecular complexity index is 393. The van der Waals surface area contributed by atoms with E-state index in [0.29, 0.717) is 19.1 Å². The lowest BCUT2D eigenvalue weighted by Crippen LogP contribution is -2.37. The van der Waals surface area contributed by atoms with Crippen LogP contribution in [0.4, 0.5) is 0 Å². The summed E-state index contributed by atoms with van der Waals surface area (Å²) in [6, 6.07) is 12.4. The van der Waals surface area contributed by atoms with E-state index >= 15 is 0 Å². The number of nitrogens with zero attached hydrogens (tertiary/aromatic N) is 2. The Kier molecular flexibility index (Phi) is 4.74. The molecule has 0 heterocycles. The van der Waals surface area contributed by atoms with Crippen molar-refractivity contribution >= 4 is 0 Å². The summed E-state index contributed by atoms with van der Waals surface area (Å²) in [4.78, 5) is 2.13. The van der Waals surface area contributed by atoms with Crippen molar-refractivity contribution in [3.05, 3.63) is 35.9 Å². The summed E-state index contributed by atoms with van der Waals surface area (Å²) >= 11 is 0. The monoisotopic (exact) mass is 244 g/mol. The molecule has 96 valence electrons. The Labute approximate surface area is 109 Å². The van der Waals surface area contributed by atoms with E-state index in [1.54, 1.807) is 0 Å². The molecule has 0 aromatic heterocycles. The topological polar surface area (TPSA) is 47.3 Å². The Morgan fingerprint density at radius 1 is 1.28 bits per heavy atom. The molecular weight excluding hydrogens is 224 g/mol. The average Bonchev–Trinajstić information content (AvgIpc) is 2.93. The molecule has 2 rings (SSSR count). The van der Waals surface area contributed by atoms with Crippen molar-refractivity contribution in [2.75, 3.05) is 13.1 Å². The van der Waals surface area contributed by atoms with E-state index < -0.39 is 6.10 Å². The zero-order chi connectivity index (χ0) is 12.8. The van der Waals surface area contributed by atoms with Crippen molar-refractivity contribution in [1.82, 2.24) is 4.90 Å². The molecule has 1 aromatic carbocycles. The summed E-state index contributed by atoms with van der Waals surface area (Å²) < 4.78 is 0. The maximum atomic E-state index is 10.2. The number of hydrogen-bond donors (Lipinski definition) is 1. The van der Waals surface area contributed by atoms with Crippen LogP contribution in [0.2, 0.25) is 0 Å². The third-order valence-electron chi connectivity index (χ3n) is 3.71. The first-order valence-corrected chi connectivity index (χ1v) is 6.65. The summed E-state index contributed by atoms with van der Waals surface area (Å²) in [5.74, 6) is 0. The van der Waals surface area contributed by atoms with Gasteiger partial charge in [0.2, 0.25) is 0 Å². The van der Waals surface area contributed by atoms with Crippen molar-refractivity contribution in [2.24, 2.45) is 0 Å². The minimum absolute atomic E-state index is 0.411. The average molecular weight is 244 g/mol. The van der Waals surface area contributed by atoms with Gasteiger partial charge in [-0.05, 0) is 18.4 Å². The van der Waals surface area contributed by atoms with Crippen LogP contribution in [0.3, 0.4) is 0 Å². The molecule has 0 bridgehead atoms. The van der Waals surface area contributed by atoms with Gasteiger partial charge in [0.25, 0.3) is 0 Å². The Morgan fingerprint density at radius 3 is 2.56 bits per heavy atom. The van der Waals surface area contributed by atoms with Gasteiger partial charge in [0.15, 0.2) is 0 Å². The Hall–Kier alpha value is -1.37. The van der Waals surface area contributed by atoms with Gasteiger partial charge in [-0.15, -0.1) is 0 Å². The predicted molar refractivity (Wildman–Crippen MR) is 70.8 cm³/mol. The highest BCUT2D eigenvalue weighted by Crippen LogP contribution is 2.25. The zero-order valence-corrected chi connectivity index (χ0v) is 10.6. The smallest absolute Gasteiger partial charge is 0.0917 e. The number of hydrogen-bond acceptors (Lipinski definition) is 3. The van der Waals surface area contributed by atoms with E-state index in [4.69, 9.17) is 5.26 Å². The van der Waals surface area contributed by atoms with E-state index in [2.05, 4.69) is 11.0 Å². The first-order chi connectivity index (χ1) is 8.81. The zero-order valence-electron chi connectivity index (χ0n) is 10.6. The first-order valence-electron chi connectivity index (χ1n) is 6.65. The van der Waals surface area contributed by atoms with Crippen LogP contribution in [0, 0.1) is 11.3 Å². The fourth-order valence-corrected chi connectivity index (χ4v) is 2.71. The van der Waals surface area contributed by atoms with Crippen LogP contribution in [0.15, 0.2) is 30.3 Å². The molecule has 0 radical (unpaired) electrons. The largest absolute Gasteiger partial charge is 0.387 e. The number of rotatable bonds is 5. The summed E-state index contributed by atoms with van der Waals surface area (Å²) in [7, 11) is 0. The standard InChI is InChI=1S/C15H20N2O/c16-10-11-17(14-8-4-5-9-14)12-15(18)13-6-2-1-3-7-13/h1-3,6-7,14-15,18H,4-5,8-9,11-12H2. The predicted octanol–water partition coefficient (Wildman–Crippen LogP) is 2.49. The fraction of sp³-hybridized carbons (Fsp3) is 0.533. The van der Waals surface area contributed by atoms with Gasteiger partial charge in [0, 0.05) is 12.6 Å². The number of benzene rings is 1. The van der Waals surface area contributed by atoms with E-state index in [9.17, 15) is 5.11 Å². The molecule has 1 fully saturated rings. The van der Waals surface area contributed by atoms with Crippen LogP contribution in [0.1, 0.15) is 37.4 Å². The molecule has 1 saturated carbocycles. The van der Waals surface area contributed by atoms with Gasteiger partial charge in [-0.3, -0.25) is 4.90 Å². The van der Waals surface area contributed by atoms with Crippen molar-refractivity contribution in [1.29, 1.82) is 5.26 Å². The highest BCUT2D eigenvalue weighted by atomic mass is 16.3. The molecule has 1 aliphatic rings. The van der Waals surface area contributed by atoms with Gasteiger partial charge in [-0.2, -0.15) is 5.26 Å². The lowest BCUT2D eigenvalue weighted by molar-refractivity contribution is 0.0967. The van der Waals surface area contributed by atoms with Gasteiger partial charge in [-0.25, -0.2) is 0 Å². The molecule has 0 aliphatic heterocycles. The summed E-state index contributed by atoms with van der Waals surface area (Å²) in [5, 5.41) is 19.1. The van der Waals surface area contributed by atoms with Crippen molar-refractivity contribution < 1.29 is 5.11 Å². The minimum atomic E-state index is -0.500. The molecule has 0 spiro atoms. The second kappa shape index (κ2) is 6.53. The van der Waals surface area contributed by atoms with Crippen LogP contribution < -0.4 is 0 Å². The maximum Gasteiger partial charge on any atom is 0.0917 e. The minimum Gasteiger partial charge on any atom is -0.387 e. The van der Waals surface area contributed by atoms with E-state index in [-0.39, 0.29) is 0 Å². The Balaban J connectivity index is 1.98. The Morgan fingerprint density at radius 2 is 1.94 bits per heavy atom. The van der Waals surface area contributed by atoms with Gasteiger partial charge in [0.1, 0.15) is 0 Å². The lowest BCUT2D eigenvalue weighted by Gasteiger charge is -2.28. The van der Waals surface area contributed by atoms with Gasteiger partial charge >= 0.3 is 0 Å². The molecule has 3 nitrogen and oxygen atoms in total. The highest BCUT2D eigenvalue weighted by molar-refractivity contribution is 5.17. The number of aliphatic hydroxyl groups is 1. The van der Waals surface area contributed by atoms with E-state index in [0.717, 1.165) is 18.4 Å². The quantitative estimate of drug-likeness (QED) is 0.809. The number of nitriles is 1.